The number of urea groups is 1. The summed E-state index contributed by atoms with van der Waals surface area (Å²) < 4.78 is 0. The minimum atomic E-state index is -1.01. The van der Waals surface area contributed by atoms with Crippen molar-refractivity contribution in [3.63, 3.8) is 0 Å². The monoisotopic (exact) mass is 256 g/mol. The van der Waals surface area contributed by atoms with E-state index in [2.05, 4.69) is 17.6 Å². The van der Waals surface area contributed by atoms with Gasteiger partial charge >= 0.3 is 12.0 Å². The molecule has 1 aliphatic carbocycles. The molecule has 1 rings (SSSR count). The van der Waals surface area contributed by atoms with Gasteiger partial charge in [0.15, 0.2) is 0 Å². The fourth-order valence-corrected chi connectivity index (χ4v) is 1.93. The van der Waals surface area contributed by atoms with Crippen LogP contribution in [-0.4, -0.2) is 29.7 Å². The van der Waals surface area contributed by atoms with Crippen LogP contribution in [0.5, 0.6) is 0 Å². The van der Waals surface area contributed by atoms with Gasteiger partial charge in [-0.05, 0) is 30.1 Å². The van der Waals surface area contributed by atoms with E-state index in [1.165, 1.54) is 0 Å². The lowest BCUT2D eigenvalue weighted by Crippen LogP contribution is -2.52. The van der Waals surface area contributed by atoms with Gasteiger partial charge in [-0.15, -0.1) is 0 Å². The molecule has 0 aromatic rings. The number of hydrogen-bond acceptors (Lipinski definition) is 2. The molecule has 0 aliphatic heterocycles. The van der Waals surface area contributed by atoms with Crippen molar-refractivity contribution in [1.29, 1.82) is 0 Å². The predicted molar refractivity (Wildman–Crippen MR) is 69.4 cm³/mol. The number of rotatable bonds is 5. The van der Waals surface area contributed by atoms with E-state index in [1.54, 1.807) is 20.8 Å². The summed E-state index contributed by atoms with van der Waals surface area (Å²) in [5.41, 5.74) is -0.247. The molecule has 2 amide bonds. The van der Waals surface area contributed by atoms with Crippen LogP contribution in [0.3, 0.4) is 0 Å². The molecule has 0 saturated heterocycles. The van der Waals surface area contributed by atoms with Gasteiger partial charge in [0.25, 0.3) is 0 Å². The Morgan fingerprint density at radius 1 is 1.33 bits per heavy atom. The van der Waals surface area contributed by atoms with Gasteiger partial charge in [-0.1, -0.05) is 27.7 Å². The fourth-order valence-electron chi connectivity index (χ4n) is 1.93. The van der Waals surface area contributed by atoms with Crippen LogP contribution in [0.1, 0.15) is 47.0 Å². The zero-order chi connectivity index (χ0) is 14.0. The molecule has 104 valence electrons. The standard InChI is InChI=1S/C13H24N2O3/c1-5-13(6-7-13)8-14-11(18)15-9(10(16)17)12(2,3)4/h9H,5-8H2,1-4H3,(H,16,17)(H2,14,15,18). The number of carbonyl (C=O) groups is 2. The van der Waals surface area contributed by atoms with Crippen LogP contribution in [-0.2, 0) is 4.79 Å². The third kappa shape index (κ3) is 3.89. The number of amides is 2. The molecule has 1 saturated carbocycles. The Balaban J connectivity index is 2.45. The third-order valence-electron chi connectivity index (χ3n) is 3.72. The molecule has 5 heteroatoms. The van der Waals surface area contributed by atoms with E-state index >= 15 is 0 Å². The van der Waals surface area contributed by atoms with Crippen molar-refractivity contribution in [2.75, 3.05) is 6.54 Å². The predicted octanol–water partition coefficient (Wildman–Crippen LogP) is 1.98. The molecule has 0 aromatic carbocycles. The van der Waals surface area contributed by atoms with Crippen molar-refractivity contribution >= 4 is 12.0 Å². The number of carboxylic acid groups (broad SMARTS) is 1. The second-order valence-corrected chi connectivity index (χ2v) is 6.32. The lowest BCUT2D eigenvalue weighted by molar-refractivity contribution is -0.141. The highest BCUT2D eigenvalue weighted by Gasteiger charge is 2.41. The van der Waals surface area contributed by atoms with Crippen LogP contribution < -0.4 is 10.6 Å². The second-order valence-electron chi connectivity index (χ2n) is 6.32. The van der Waals surface area contributed by atoms with Crippen LogP contribution in [0, 0.1) is 10.8 Å². The minimum absolute atomic E-state index is 0.262. The highest BCUT2D eigenvalue weighted by Crippen LogP contribution is 2.47. The Hall–Kier alpha value is -1.26. The Labute approximate surface area is 108 Å². The van der Waals surface area contributed by atoms with Crippen molar-refractivity contribution < 1.29 is 14.7 Å². The molecular weight excluding hydrogens is 232 g/mol. The molecule has 0 heterocycles. The van der Waals surface area contributed by atoms with E-state index in [0.717, 1.165) is 19.3 Å². The maximum atomic E-state index is 11.7. The average Bonchev–Trinajstić information content (AvgIpc) is 3.02. The first-order valence-electron chi connectivity index (χ1n) is 6.47. The van der Waals surface area contributed by atoms with Gasteiger partial charge in [0, 0.05) is 6.54 Å². The van der Waals surface area contributed by atoms with E-state index in [0.29, 0.717) is 6.54 Å². The van der Waals surface area contributed by atoms with E-state index in [9.17, 15) is 9.59 Å². The Kier molecular flexibility index (Phi) is 4.24. The lowest BCUT2D eigenvalue weighted by Gasteiger charge is -2.28. The molecule has 0 bridgehead atoms. The Morgan fingerprint density at radius 2 is 1.89 bits per heavy atom. The first kappa shape index (κ1) is 14.8. The maximum absolute atomic E-state index is 11.7. The summed E-state index contributed by atoms with van der Waals surface area (Å²) >= 11 is 0. The van der Waals surface area contributed by atoms with Crippen molar-refractivity contribution in [3.8, 4) is 0 Å². The van der Waals surface area contributed by atoms with E-state index < -0.39 is 23.5 Å². The first-order valence-corrected chi connectivity index (χ1v) is 6.47. The van der Waals surface area contributed by atoms with Crippen LogP contribution in [0.2, 0.25) is 0 Å². The highest BCUT2D eigenvalue weighted by atomic mass is 16.4. The fraction of sp³-hybridized carbons (Fsp3) is 0.846. The summed E-state index contributed by atoms with van der Waals surface area (Å²) in [5.74, 6) is -1.01. The van der Waals surface area contributed by atoms with Gasteiger partial charge < -0.3 is 15.7 Å². The van der Waals surface area contributed by atoms with Crippen molar-refractivity contribution in [1.82, 2.24) is 10.6 Å². The van der Waals surface area contributed by atoms with Crippen LogP contribution in [0.4, 0.5) is 4.79 Å². The molecule has 3 N–H and O–H groups in total. The zero-order valence-electron chi connectivity index (χ0n) is 11.7. The van der Waals surface area contributed by atoms with Crippen LogP contribution in [0.15, 0.2) is 0 Å². The Morgan fingerprint density at radius 3 is 2.22 bits per heavy atom. The van der Waals surface area contributed by atoms with Gasteiger partial charge in [0.2, 0.25) is 0 Å². The lowest BCUT2D eigenvalue weighted by atomic mass is 9.87. The smallest absolute Gasteiger partial charge is 0.326 e. The van der Waals surface area contributed by atoms with E-state index in [1.807, 2.05) is 0 Å². The van der Waals surface area contributed by atoms with Gasteiger partial charge in [-0.25, -0.2) is 9.59 Å². The first-order chi connectivity index (χ1) is 8.20. The van der Waals surface area contributed by atoms with E-state index in [4.69, 9.17) is 5.11 Å². The number of nitrogens with one attached hydrogen (secondary N) is 2. The summed E-state index contributed by atoms with van der Waals surface area (Å²) in [5, 5.41) is 14.4. The maximum Gasteiger partial charge on any atom is 0.326 e. The van der Waals surface area contributed by atoms with Crippen molar-refractivity contribution in [3.05, 3.63) is 0 Å². The number of carboxylic acids is 1. The highest BCUT2D eigenvalue weighted by molar-refractivity contribution is 5.83. The molecule has 0 spiro atoms. The number of aliphatic carboxylic acids is 1. The van der Waals surface area contributed by atoms with Gasteiger partial charge in [0.1, 0.15) is 6.04 Å². The van der Waals surface area contributed by atoms with Crippen molar-refractivity contribution in [2.45, 2.75) is 53.0 Å². The topological polar surface area (TPSA) is 78.4 Å². The summed E-state index contributed by atoms with van der Waals surface area (Å²) in [4.78, 5) is 22.8. The summed E-state index contributed by atoms with van der Waals surface area (Å²) in [6, 6.07) is -1.27. The molecular formula is C13H24N2O3. The quantitative estimate of drug-likeness (QED) is 0.703. The van der Waals surface area contributed by atoms with Crippen LogP contribution in [0.25, 0.3) is 0 Å². The van der Waals surface area contributed by atoms with Gasteiger partial charge in [-0.2, -0.15) is 0 Å². The SMILES string of the molecule is CCC1(CNC(=O)NC(C(=O)O)C(C)(C)C)CC1. The van der Waals surface area contributed by atoms with Crippen LogP contribution >= 0.6 is 0 Å². The van der Waals surface area contributed by atoms with Gasteiger partial charge in [0.05, 0.1) is 0 Å². The average molecular weight is 256 g/mol. The molecule has 0 radical (unpaired) electrons. The zero-order valence-corrected chi connectivity index (χ0v) is 11.7. The third-order valence-corrected chi connectivity index (χ3v) is 3.72. The summed E-state index contributed by atoms with van der Waals surface area (Å²) in [7, 11) is 0. The molecule has 0 aromatic heterocycles. The minimum Gasteiger partial charge on any atom is -0.480 e. The van der Waals surface area contributed by atoms with Crippen molar-refractivity contribution in [2.24, 2.45) is 10.8 Å². The number of hydrogen-bond donors (Lipinski definition) is 3. The normalized spacial score (nSPS) is 18.9. The molecule has 1 unspecified atom stereocenters. The van der Waals surface area contributed by atoms with E-state index in [-0.39, 0.29) is 5.41 Å². The molecule has 1 fully saturated rings. The Bertz CT molecular complexity index is 330. The van der Waals surface area contributed by atoms with Gasteiger partial charge in [-0.3, -0.25) is 0 Å². The number of carbonyl (C=O) groups excluding carboxylic acids is 1. The molecule has 5 nitrogen and oxygen atoms in total. The largest absolute Gasteiger partial charge is 0.480 e. The molecule has 1 aliphatic rings. The summed E-state index contributed by atoms with van der Waals surface area (Å²) in [6.45, 7) is 8.12. The second kappa shape index (κ2) is 5.16. The molecule has 1 atom stereocenters. The summed E-state index contributed by atoms with van der Waals surface area (Å²) in [6.07, 6.45) is 3.34. The molecule has 18 heavy (non-hydrogen) atoms.